The second-order valence-electron chi connectivity index (χ2n) is 2.99. The third-order valence-electron chi connectivity index (χ3n) is 2.00. The first-order valence-electron chi connectivity index (χ1n) is 3.79. The van der Waals surface area contributed by atoms with E-state index in [4.69, 9.17) is 5.73 Å². The molecule has 64 valence electrons. The molecule has 1 aromatic rings. The first-order valence-corrected chi connectivity index (χ1v) is 5.38. The van der Waals surface area contributed by atoms with E-state index in [1.54, 1.807) is 6.20 Å². The Hall–Kier alpha value is -0.0900. The molecule has 0 spiro atoms. The minimum Gasteiger partial charge on any atom is -0.397 e. The molecule has 1 aliphatic carbocycles. The van der Waals surface area contributed by atoms with Crippen LogP contribution in [0.3, 0.4) is 0 Å². The normalized spacial score (nSPS) is 16.5. The summed E-state index contributed by atoms with van der Waals surface area (Å²) in [5.74, 6) is 0.634. The van der Waals surface area contributed by atoms with Gasteiger partial charge in [0.1, 0.15) is 0 Å². The number of hydrogen-bond acceptors (Lipinski definition) is 2. The summed E-state index contributed by atoms with van der Waals surface area (Å²) in [4.78, 5) is 4.33. The van der Waals surface area contributed by atoms with Crippen LogP contribution >= 0.6 is 31.9 Å². The average Bonchev–Trinajstić information content (AvgIpc) is 2.84. The van der Waals surface area contributed by atoms with Gasteiger partial charge in [-0.15, -0.1) is 0 Å². The number of halogens is 2. The zero-order valence-electron chi connectivity index (χ0n) is 6.35. The van der Waals surface area contributed by atoms with Gasteiger partial charge in [-0.25, -0.2) is 0 Å². The monoisotopic (exact) mass is 290 g/mol. The van der Waals surface area contributed by atoms with Crippen LogP contribution in [0.1, 0.15) is 24.5 Å². The number of nitrogen functional groups attached to an aromatic ring is 1. The highest BCUT2D eigenvalue weighted by Gasteiger charge is 2.28. The van der Waals surface area contributed by atoms with E-state index >= 15 is 0 Å². The number of nitrogens with zero attached hydrogens (tertiary/aromatic N) is 1. The number of anilines is 1. The van der Waals surface area contributed by atoms with E-state index in [-0.39, 0.29) is 0 Å². The summed E-state index contributed by atoms with van der Waals surface area (Å²) in [6.07, 6.45) is 4.26. The van der Waals surface area contributed by atoms with Crippen molar-refractivity contribution in [2.45, 2.75) is 18.8 Å². The van der Waals surface area contributed by atoms with Crippen molar-refractivity contribution in [2.24, 2.45) is 0 Å². The minimum absolute atomic E-state index is 0.634. The molecule has 2 N–H and O–H groups in total. The van der Waals surface area contributed by atoms with Gasteiger partial charge in [-0.2, -0.15) is 0 Å². The van der Waals surface area contributed by atoms with Crippen molar-refractivity contribution in [3.8, 4) is 0 Å². The molecule has 2 rings (SSSR count). The number of rotatable bonds is 1. The Bertz CT molecular complexity index is 321. The van der Waals surface area contributed by atoms with E-state index in [0.717, 1.165) is 20.3 Å². The third kappa shape index (κ3) is 1.38. The van der Waals surface area contributed by atoms with Crippen molar-refractivity contribution < 1.29 is 0 Å². The van der Waals surface area contributed by atoms with E-state index < -0.39 is 0 Å². The van der Waals surface area contributed by atoms with E-state index in [1.807, 2.05) is 0 Å². The van der Waals surface area contributed by atoms with Crippen molar-refractivity contribution in [3.63, 3.8) is 0 Å². The summed E-state index contributed by atoms with van der Waals surface area (Å²) in [6, 6.07) is 0. The number of nitrogens with two attached hydrogens (primary N) is 1. The van der Waals surface area contributed by atoms with Gasteiger partial charge in [0.05, 0.1) is 20.3 Å². The number of pyridine rings is 1. The zero-order chi connectivity index (χ0) is 8.72. The van der Waals surface area contributed by atoms with Gasteiger partial charge in [-0.1, -0.05) is 0 Å². The highest BCUT2D eigenvalue weighted by molar-refractivity contribution is 9.11. The smallest absolute Gasteiger partial charge is 0.0637 e. The third-order valence-corrected chi connectivity index (χ3v) is 3.47. The summed E-state index contributed by atoms with van der Waals surface area (Å²) in [5, 5.41) is 0. The van der Waals surface area contributed by atoms with Crippen molar-refractivity contribution in [3.05, 3.63) is 20.8 Å². The van der Waals surface area contributed by atoms with Crippen molar-refractivity contribution in [1.29, 1.82) is 0 Å². The summed E-state index contributed by atoms with van der Waals surface area (Å²) in [6.45, 7) is 0. The molecule has 0 aliphatic heterocycles. The van der Waals surface area contributed by atoms with Crippen LogP contribution in [0.25, 0.3) is 0 Å². The Balaban J connectivity index is 2.49. The molecule has 0 saturated heterocycles. The van der Waals surface area contributed by atoms with Crippen LogP contribution in [0, 0.1) is 0 Å². The molecule has 4 heteroatoms. The lowest BCUT2D eigenvalue weighted by molar-refractivity contribution is 1.01. The first kappa shape index (κ1) is 8.51. The average molecular weight is 292 g/mol. The first-order chi connectivity index (χ1) is 5.70. The summed E-state index contributed by atoms with van der Waals surface area (Å²) >= 11 is 6.79. The fraction of sp³-hybridized carbons (Fsp3) is 0.375. The van der Waals surface area contributed by atoms with Crippen LogP contribution in [-0.2, 0) is 0 Å². The molecule has 0 atom stereocenters. The molecule has 1 aromatic heterocycles. The Kier molecular flexibility index (Phi) is 2.12. The predicted molar refractivity (Wildman–Crippen MR) is 56.0 cm³/mol. The van der Waals surface area contributed by atoms with Crippen LogP contribution in [0.2, 0.25) is 0 Å². The zero-order valence-corrected chi connectivity index (χ0v) is 9.52. The standard InChI is InChI=1S/C8H8Br2N2/c9-5-3-12-8(4-1-2-4)6(10)7(5)11/h3-4H,1-2H2,(H2,11,12). The van der Waals surface area contributed by atoms with Crippen LogP contribution in [0.4, 0.5) is 5.69 Å². The topological polar surface area (TPSA) is 38.9 Å². The molecular formula is C8H8Br2N2. The molecular weight excluding hydrogens is 284 g/mol. The summed E-state index contributed by atoms with van der Waals surface area (Å²) in [7, 11) is 0. The van der Waals surface area contributed by atoms with Crippen molar-refractivity contribution in [1.82, 2.24) is 4.98 Å². The lowest BCUT2D eigenvalue weighted by Gasteiger charge is -2.05. The van der Waals surface area contributed by atoms with E-state index in [1.165, 1.54) is 12.8 Å². The van der Waals surface area contributed by atoms with E-state index in [0.29, 0.717) is 5.92 Å². The molecule has 12 heavy (non-hydrogen) atoms. The van der Waals surface area contributed by atoms with Gasteiger partial charge in [-0.05, 0) is 44.7 Å². The molecule has 0 bridgehead atoms. The second kappa shape index (κ2) is 3.00. The maximum atomic E-state index is 5.81. The van der Waals surface area contributed by atoms with Crippen LogP contribution in [-0.4, -0.2) is 4.98 Å². The highest BCUT2D eigenvalue weighted by Crippen LogP contribution is 2.44. The van der Waals surface area contributed by atoms with Gasteiger partial charge in [0.15, 0.2) is 0 Å². The summed E-state index contributed by atoms with van der Waals surface area (Å²) < 4.78 is 1.82. The largest absolute Gasteiger partial charge is 0.397 e. The summed E-state index contributed by atoms with van der Waals surface area (Å²) in [5.41, 5.74) is 7.68. The van der Waals surface area contributed by atoms with Crippen molar-refractivity contribution >= 4 is 37.5 Å². The lowest BCUT2D eigenvalue weighted by atomic mass is 10.2. The molecule has 2 nitrogen and oxygen atoms in total. The van der Waals surface area contributed by atoms with Gasteiger partial charge in [0.2, 0.25) is 0 Å². The predicted octanol–water partition coefficient (Wildman–Crippen LogP) is 3.07. The quantitative estimate of drug-likeness (QED) is 0.864. The van der Waals surface area contributed by atoms with E-state index in [2.05, 4.69) is 36.8 Å². The maximum Gasteiger partial charge on any atom is 0.0637 e. The highest BCUT2D eigenvalue weighted by atomic mass is 79.9. The number of aromatic nitrogens is 1. The Morgan fingerprint density at radius 3 is 2.67 bits per heavy atom. The fourth-order valence-electron chi connectivity index (χ4n) is 1.14. The van der Waals surface area contributed by atoms with Gasteiger partial charge in [0.25, 0.3) is 0 Å². The molecule has 1 fully saturated rings. The Morgan fingerprint density at radius 1 is 1.42 bits per heavy atom. The molecule has 0 aromatic carbocycles. The fourth-order valence-corrected chi connectivity index (χ4v) is 2.34. The van der Waals surface area contributed by atoms with Gasteiger partial charge < -0.3 is 5.73 Å². The van der Waals surface area contributed by atoms with Gasteiger partial charge in [-0.3, -0.25) is 4.98 Å². The van der Waals surface area contributed by atoms with E-state index in [9.17, 15) is 0 Å². The Morgan fingerprint density at radius 2 is 2.08 bits per heavy atom. The molecule has 0 unspecified atom stereocenters. The minimum atomic E-state index is 0.634. The molecule has 1 heterocycles. The molecule has 1 aliphatic rings. The molecule has 0 radical (unpaired) electrons. The Labute approximate surface area is 87.8 Å². The second-order valence-corrected chi connectivity index (χ2v) is 4.64. The maximum absolute atomic E-state index is 5.81. The van der Waals surface area contributed by atoms with Crippen LogP contribution < -0.4 is 5.73 Å². The number of hydrogen-bond donors (Lipinski definition) is 1. The SMILES string of the molecule is Nc1c(Br)cnc(C2CC2)c1Br. The lowest BCUT2D eigenvalue weighted by Crippen LogP contribution is -1.95. The van der Waals surface area contributed by atoms with Crippen LogP contribution in [0.15, 0.2) is 15.1 Å². The molecule has 1 saturated carbocycles. The van der Waals surface area contributed by atoms with Crippen LogP contribution in [0.5, 0.6) is 0 Å². The van der Waals surface area contributed by atoms with Crippen molar-refractivity contribution in [2.75, 3.05) is 5.73 Å². The molecule has 0 amide bonds. The van der Waals surface area contributed by atoms with Gasteiger partial charge >= 0.3 is 0 Å². The van der Waals surface area contributed by atoms with Gasteiger partial charge in [0, 0.05) is 12.1 Å².